The molecule has 0 unspecified atom stereocenters. The Bertz CT molecular complexity index is 603. The molecule has 1 fully saturated rings. The topological polar surface area (TPSA) is 59.2 Å². The summed E-state index contributed by atoms with van der Waals surface area (Å²) in [6, 6.07) is 9.33. The lowest BCUT2D eigenvalue weighted by atomic mass is 10.1. The summed E-state index contributed by atoms with van der Waals surface area (Å²) in [5.74, 6) is 0.0117. The Morgan fingerprint density at radius 2 is 1.94 bits per heavy atom. The van der Waals surface area contributed by atoms with Gasteiger partial charge in [0.15, 0.2) is 0 Å². The Hall–Kier alpha value is -2.10. The monoisotopic (exact) mass is 241 g/mol. The summed E-state index contributed by atoms with van der Waals surface area (Å²) in [5, 5.41) is 0.966. The number of benzene rings is 1. The molecule has 0 spiro atoms. The van der Waals surface area contributed by atoms with Crippen molar-refractivity contribution in [1.29, 1.82) is 0 Å². The molecule has 1 amide bonds. The average Bonchev–Trinajstić information content (AvgIpc) is 2.92. The lowest BCUT2D eigenvalue weighted by Gasteiger charge is -2.14. The zero-order chi connectivity index (χ0) is 12.5. The lowest BCUT2D eigenvalue weighted by molar-refractivity contribution is 0.0787. The molecular weight excluding hydrogens is 226 g/mol. The van der Waals surface area contributed by atoms with E-state index in [1.54, 1.807) is 12.1 Å². The van der Waals surface area contributed by atoms with Crippen LogP contribution in [0.25, 0.3) is 10.9 Å². The summed E-state index contributed by atoms with van der Waals surface area (Å²) in [4.78, 5) is 18.5. The molecule has 0 radical (unpaired) electrons. The number of amides is 1. The van der Waals surface area contributed by atoms with Gasteiger partial charge in [-0.25, -0.2) is 4.98 Å². The van der Waals surface area contributed by atoms with E-state index in [1.165, 1.54) is 0 Å². The number of pyridine rings is 1. The number of fused-ring (bicyclic) bond motifs is 1. The van der Waals surface area contributed by atoms with E-state index in [1.807, 2.05) is 23.1 Å². The zero-order valence-electron chi connectivity index (χ0n) is 10.1. The highest BCUT2D eigenvalue weighted by Gasteiger charge is 2.20. The second-order valence-corrected chi connectivity index (χ2v) is 4.61. The molecule has 18 heavy (non-hydrogen) atoms. The van der Waals surface area contributed by atoms with Gasteiger partial charge in [-0.3, -0.25) is 4.79 Å². The van der Waals surface area contributed by atoms with E-state index in [0.717, 1.165) is 31.3 Å². The molecule has 2 aromatic rings. The number of likely N-dealkylation sites (tertiary alicyclic amines) is 1. The maximum Gasteiger partial charge on any atom is 0.272 e. The number of hydrogen-bond acceptors (Lipinski definition) is 3. The normalized spacial score (nSPS) is 15.2. The van der Waals surface area contributed by atoms with Gasteiger partial charge in [0, 0.05) is 18.5 Å². The Labute approximate surface area is 105 Å². The first-order valence-corrected chi connectivity index (χ1v) is 6.20. The van der Waals surface area contributed by atoms with Crippen LogP contribution in [0.1, 0.15) is 23.3 Å². The standard InChI is InChI=1S/C14H15N3O/c15-11-5-3-4-10-6-7-12(16-13(10)11)14(18)17-8-1-2-9-17/h3-7H,1-2,8-9,15H2. The van der Waals surface area contributed by atoms with Gasteiger partial charge in [0.2, 0.25) is 0 Å². The van der Waals surface area contributed by atoms with Gasteiger partial charge in [-0.05, 0) is 25.0 Å². The fourth-order valence-corrected chi connectivity index (χ4v) is 2.37. The smallest absolute Gasteiger partial charge is 0.272 e. The number of hydrogen-bond donors (Lipinski definition) is 1. The molecule has 0 saturated carbocycles. The third kappa shape index (κ3) is 1.79. The number of carbonyl (C=O) groups is 1. The molecular formula is C14H15N3O. The Morgan fingerprint density at radius 3 is 2.72 bits per heavy atom. The summed E-state index contributed by atoms with van der Waals surface area (Å²) in [5.41, 5.74) is 7.70. The first-order chi connectivity index (χ1) is 8.75. The van der Waals surface area contributed by atoms with Gasteiger partial charge in [0.25, 0.3) is 5.91 Å². The van der Waals surface area contributed by atoms with Crippen molar-refractivity contribution in [3.05, 3.63) is 36.0 Å². The number of para-hydroxylation sites is 1. The summed E-state index contributed by atoms with van der Waals surface area (Å²) >= 11 is 0. The highest BCUT2D eigenvalue weighted by molar-refractivity contribution is 5.97. The minimum atomic E-state index is 0.0117. The molecule has 92 valence electrons. The fourth-order valence-electron chi connectivity index (χ4n) is 2.37. The van der Waals surface area contributed by atoms with E-state index >= 15 is 0 Å². The molecule has 1 saturated heterocycles. The molecule has 4 nitrogen and oxygen atoms in total. The number of nitrogens with two attached hydrogens (primary N) is 1. The molecule has 0 aliphatic carbocycles. The Morgan fingerprint density at radius 1 is 1.17 bits per heavy atom. The first kappa shape index (κ1) is 11.0. The molecule has 4 heteroatoms. The maximum atomic E-state index is 12.2. The van der Waals surface area contributed by atoms with Crippen molar-refractivity contribution in [2.75, 3.05) is 18.8 Å². The molecule has 1 aromatic carbocycles. The van der Waals surface area contributed by atoms with Crippen LogP contribution in [0.5, 0.6) is 0 Å². The van der Waals surface area contributed by atoms with E-state index in [4.69, 9.17) is 5.73 Å². The van der Waals surface area contributed by atoms with Crippen LogP contribution >= 0.6 is 0 Å². The second kappa shape index (κ2) is 4.29. The van der Waals surface area contributed by atoms with E-state index < -0.39 is 0 Å². The van der Waals surface area contributed by atoms with Crippen LogP contribution in [0, 0.1) is 0 Å². The van der Waals surface area contributed by atoms with Gasteiger partial charge in [-0.2, -0.15) is 0 Å². The van der Waals surface area contributed by atoms with Crippen LogP contribution in [0.15, 0.2) is 30.3 Å². The maximum absolute atomic E-state index is 12.2. The highest BCUT2D eigenvalue weighted by Crippen LogP contribution is 2.20. The average molecular weight is 241 g/mol. The molecule has 1 aliphatic rings. The number of nitrogen functional groups attached to an aromatic ring is 1. The van der Waals surface area contributed by atoms with Crippen LogP contribution in [0.2, 0.25) is 0 Å². The largest absolute Gasteiger partial charge is 0.397 e. The Balaban J connectivity index is 2.02. The molecule has 2 heterocycles. The van der Waals surface area contributed by atoms with Crippen LogP contribution in [-0.2, 0) is 0 Å². The van der Waals surface area contributed by atoms with Crippen molar-refractivity contribution in [2.24, 2.45) is 0 Å². The summed E-state index contributed by atoms with van der Waals surface area (Å²) < 4.78 is 0. The van der Waals surface area contributed by atoms with Crippen LogP contribution in [-0.4, -0.2) is 28.9 Å². The van der Waals surface area contributed by atoms with Gasteiger partial charge in [-0.15, -0.1) is 0 Å². The van der Waals surface area contributed by atoms with Gasteiger partial charge >= 0.3 is 0 Å². The molecule has 0 bridgehead atoms. The quantitative estimate of drug-likeness (QED) is 0.777. The van der Waals surface area contributed by atoms with Gasteiger partial charge in [0.1, 0.15) is 5.69 Å². The number of carbonyl (C=O) groups excluding carboxylic acids is 1. The number of aromatic nitrogens is 1. The fraction of sp³-hybridized carbons (Fsp3) is 0.286. The third-order valence-electron chi connectivity index (χ3n) is 3.36. The number of anilines is 1. The van der Waals surface area contributed by atoms with Crippen molar-refractivity contribution in [2.45, 2.75) is 12.8 Å². The van der Waals surface area contributed by atoms with E-state index in [9.17, 15) is 4.79 Å². The van der Waals surface area contributed by atoms with E-state index in [-0.39, 0.29) is 5.91 Å². The van der Waals surface area contributed by atoms with Gasteiger partial charge < -0.3 is 10.6 Å². The summed E-state index contributed by atoms with van der Waals surface area (Å²) in [6.07, 6.45) is 2.17. The van der Waals surface area contributed by atoms with Crippen molar-refractivity contribution in [3.8, 4) is 0 Å². The van der Waals surface area contributed by atoms with E-state index in [2.05, 4.69) is 4.98 Å². The first-order valence-electron chi connectivity index (χ1n) is 6.20. The van der Waals surface area contributed by atoms with Gasteiger partial charge in [-0.1, -0.05) is 18.2 Å². The Kier molecular flexibility index (Phi) is 2.63. The predicted octanol–water partition coefficient (Wildman–Crippen LogP) is 2.05. The van der Waals surface area contributed by atoms with E-state index in [0.29, 0.717) is 16.9 Å². The van der Waals surface area contributed by atoms with Crippen LogP contribution in [0.3, 0.4) is 0 Å². The summed E-state index contributed by atoms with van der Waals surface area (Å²) in [7, 11) is 0. The third-order valence-corrected chi connectivity index (χ3v) is 3.36. The van der Waals surface area contributed by atoms with Crippen molar-refractivity contribution >= 4 is 22.5 Å². The summed E-state index contributed by atoms with van der Waals surface area (Å²) in [6.45, 7) is 1.67. The second-order valence-electron chi connectivity index (χ2n) is 4.61. The molecule has 2 N–H and O–H groups in total. The number of rotatable bonds is 1. The zero-order valence-corrected chi connectivity index (χ0v) is 10.1. The predicted molar refractivity (Wildman–Crippen MR) is 71.3 cm³/mol. The van der Waals surface area contributed by atoms with Crippen LogP contribution < -0.4 is 5.73 Å². The van der Waals surface area contributed by atoms with Crippen molar-refractivity contribution < 1.29 is 4.79 Å². The minimum Gasteiger partial charge on any atom is -0.397 e. The minimum absolute atomic E-state index is 0.0117. The molecule has 1 aromatic heterocycles. The van der Waals surface area contributed by atoms with Crippen LogP contribution in [0.4, 0.5) is 5.69 Å². The molecule has 3 rings (SSSR count). The lowest BCUT2D eigenvalue weighted by Crippen LogP contribution is -2.28. The van der Waals surface area contributed by atoms with Crippen molar-refractivity contribution in [1.82, 2.24) is 9.88 Å². The SMILES string of the molecule is Nc1cccc2ccc(C(=O)N3CCCC3)nc12. The molecule has 1 aliphatic heterocycles. The van der Waals surface area contributed by atoms with Crippen molar-refractivity contribution in [3.63, 3.8) is 0 Å². The van der Waals surface area contributed by atoms with Gasteiger partial charge in [0.05, 0.1) is 11.2 Å². The number of nitrogens with zero attached hydrogens (tertiary/aromatic N) is 2. The highest BCUT2D eigenvalue weighted by atomic mass is 16.2. The molecule has 0 atom stereocenters.